The molecule has 30 heavy (non-hydrogen) atoms. The van der Waals surface area contributed by atoms with E-state index < -0.39 is 16.6 Å². The molecule has 0 unspecified atom stereocenters. The summed E-state index contributed by atoms with van der Waals surface area (Å²) in [6, 6.07) is 21.8. The van der Waals surface area contributed by atoms with Gasteiger partial charge in [-0.1, -0.05) is 71.7 Å². The van der Waals surface area contributed by atoms with Gasteiger partial charge in [-0.15, -0.1) is 0 Å². The maximum atomic E-state index is 13.3. The molecule has 3 rings (SSSR count). The van der Waals surface area contributed by atoms with Crippen LogP contribution in [0.25, 0.3) is 0 Å². The number of halogens is 2. The second-order valence-electron chi connectivity index (χ2n) is 6.69. The Morgan fingerprint density at radius 3 is 1.97 bits per heavy atom. The first-order chi connectivity index (χ1) is 14.3. The van der Waals surface area contributed by atoms with E-state index in [1.54, 1.807) is 25.2 Å². The van der Waals surface area contributed by atoms with Crippen LogP contribution < -0.4 is 4.31 Å². The number of carbonyl (C=O) groups excluding carboxylic acids is 1. The van der Waals surface area contributed by atoms with Crippen molar-refractivity contribution < 1.29 is 13.2 Å². The van der Waals surface area contributed by atoms with Crippen molar-refractivity contribution >= 4 is 44.8 Å². The molecule has 0 bridgehead atoms. The van der Waals surface area contributed by atoms with Gasteiger partial charge in [0.2, 0.25) is 5.91 Å². The van der Waals surface area contributed by atoms with Crippen molar-refractivity contribution in [1.29, 1.82) is 0 Å². The second kappa shape index (κ2) is 9.51. The molecule has 0 aliphatic heterocycles. The zero-order valence-corrected chi connectivity index (χ0v) is 18.5. The molecule has 3 aromatic carbocycles. The van der Waals surface area contributed by atoms with Gasteiger partial charge in [0.1, 0.15) is 6.54 Å². The van der Waals surface area contributed by atoms with E-state index in [4.69, 9.17) is 23.2 Å². The molecule has 5 nitrogen and oxygen atoms in total. The van der Waals surface area contributed by atoms with Gasteiger partial charge in [0.25, 0.3) is 10.0 Å². The predicted octanol–water partition coefficient (Wildman–Crippen LogP) is 4.85. The van der Waals surface area contributed by atoms with Gasteiger partial charge in [0.05, 0.1) is 10.6 Å². The number of carbonyl (C=O) groups is 1. The Bertz CT molecular complexity index is 1100. The lowest BCUT2D eigenvalue weighted by Gasteiger charge is -2.27. The summed E-state index contributed by atoms with van der Waals surface area (Å²) in [5.41, 5.74) is 1.16. The SMILES string of the molecule is CN(Cc1ccccc1)C(=O)CN(c1cc(Cl)cc(Cl)c1)S(=O)(=O)c1ccccc1. The van der Waals surface area contributed by atoms with Crippen molar-refractivity contribution in [3.8, 4) is 0 Å². The number of hydrogen-bond donors (Lipinski definition) is 0. The summed E-state index contributed by atoms with van der Waals surface area (Å²) in [7, 11) is -2.39. The molecule has 3 aromatic rings. The Kier molecular flexibility index (Phi) is 7.02. The number of anilines is 1. The maximum absolute atomic E-state index is 13.3. The third kappa shape index (κ3) is 5.33. The summed E-state index contributed by atoms with van der Waals surface area (Å²) in [6.45, 7) is -0.0353. The molecular formula is C22H20Cl2N2O3S. The topological polar surface area (TPSA) is 57.7 Å². The summed E-state index contributed by atoms with van der Waals surface area (Å²) >= 11 is 12.2. The minimum atomic E-state index is -4.02. The number of amides is 1. The van der Waals surface area contributed by atoms with E-state index in [-0.39, 0.29) is 26.5 Å². The fourth-order valence-corrected chi connectivity index (χ4v) is 4.84. The summed E-state index contributed by atoms with van der Waals surface area (Å²) in [5, 5.41) is 0.548. The summed E-state index contributed by atoms with van der Waals surface area (Å²) in [6.07, 6.45) is 0. The molecule has 0 aliphatic carbocycles. The lowest BCUT2D eigenvalue weighted by molar-refractivity contribution is -0.128. The monoisotopic (exact) mass is 462 g/mol. The Morgan fingerprint density at radius 1 is 0.867 bits per heavy atom. The first-order valence-electron chi connectivity index (χ1n) is 9.09. The van der Waals surface area contributed by atoms with Gasteiger partial charge < -0.3 is 4.90 Å². The zero-order valence-electron chi connectivity index (χ0n) is 16.2. The van der Waals surface area contributed by atoms with E-state index in [0.29, 0.717) is 6.54 Å². The number of hydrogen-bond acceptors (Lipinski definition) is 3. The molecule has 0 spiro atoms. The smallest absolute Gasteiger partial charge is 0.264 e. The highest BCUT2D eigenvalue weighted by molar-refractivity contribution is 7.92. The van der Waals surface area contributed by atoms with Crippen LogP contribution in [-0.2, 0) is 21.4 Å². The Hall–Kier alpha value is -2.54. The van der Waals surface area contributed by atoms with Gasteiger partial charge in [-0.3, -0.25) is 9.10 Å². The largest absolute Gasteiger partial charge is 0.340 e. The molecule has 0 aromatic heterocycles. The average molecular weight is 463 g/mol. The molecule has 0 atom stereocenters. The Morgan fingerprint density at radius 2 is 1.40 bits per heavy atom. The highest BCUT2D eigenvalue weighted by atomic mass is 35.5. The highest BCUT2D eigenvalue weighted by Gasteiger charge is 2.28. The number of rotatable bonds is 7. The van der Waals surface area contributed by atoms with E-state index in [1.807, 2.05) is 30.3 Å². The maximum Gasteiger partial charge on any atom is 0.264 e. The van der Waals surface area contributed by atoms with Crippen molar-refractivity contribution in [2.24, 2.45) is 0 Å². The second-order valence-corrected chi connectivity index (χ2v) is 9.42. The van der Waals surface area contributed by atoms with Gasteiger partial charge in [-0.05, 0) is 35.9 Å². The fraction of sp³-hybridized carbons (Fsp3) is 0.136. The molecule has 0 radical (unpaired) electrons. The van der Waals surface area contributed by atoms with Gasteiger partial charge in [0, 0.05) is 23.6 Å². The highest BCUT2D eigenvalue weighted by Crippen LogP contribution is 2.29. The lowest BCUT2D eigenvalue weighted by Crippen LogP contribution is -2.41. The molecule has 0 N–H and O–H groups in total. The number of sulfonamides is 1. The molecule has 8 heteroatoms. The molecule has 0 heterocycles. The van der Waals surface area contributed by atoms with Crippen LogP contribution >= 0.6 is 23.2 Å². The van der Waals surface area contributed by atoms with Crippen LogP contribution in [0.15, 0.2) is 83.8 Å². The predicted molar refractivity (Wildman–Crippen MR) is 120 cm³/mol. The number of benzene rings is 3. The van der Waals surface area contributed by atoms with Crippen molar-refractivity contribution in [2.75, 3.05) is 17.9 Å². The molecule has 0 aliphatic rings. The third-order valence-electron chi connectivity index (χ3n) is 4.43. The lowest BCUT2D eigenvalue weighted by atomic mass is 10.2. The van der Waals surface area contributed by atoms with Gasteiger partial charge in [0.15, 0.2) is 0 Å². The first-order valence-corrected chi connectivity index (χ1v) is 11.3. The summed E-state index contributed by atoms with van der Waals surface area (Å²) in [4.78, 5) is 14.5. The van der Waals surface area contributed by atoms with Crippen LogP contribution in [0, 0.1) is 0 Å². The van der Waals surface area contributed by atoms with Crippen molar-refractivity contribution in [2.45, 2.75) is 11.4 Å². The Balaban J connectivity index is 1.94. The van der Waals surface area contributed by atoms with E-state index in [2.05, 4.69) is 0 Å². The number of likely N-dealkylation sites (N-methyl/N-ethyl adjacent to an activating group) is 1. The van der Waals surface area contributed by atoms with E-state index in [9.17, 15) is 13.2 Å². The van der Waals surface area contributed by atoms with Crippen LogP contribution in [0.2, 0.25) is 10.0 Å². The minimum absolute atomic E-state index is 0.0691. The van der Waals surface area contributed by atoms with Gasteiger partial charge in [-0.2, -0.15) is 0 Å². The summed E-state index contributed by atoms with van der Waals surface area (Å²) in [5.74, 6) is -0.366. The van der Waals surface area contributed by atoms with Crippen LogP contribution in [0.1, 0.15) is 5.56 Å². The first kappa shape index (κ1) is 22.2. The van der Waals surface area contributed by atoms with Crippen molar-refractivity contribution in [1.82, 2.24) is 4.90 Å². The van der Waals surface area contributed by atoms with Crippen LogP contribution in [0.3, 0.4) is 0 Å². The van der Waals surface area contributed by atoms with Crippen LogP contribution in [0.4, 0.5) is 5.69 Å². The molecule has 0 saturated heterocycles. The van der Waals surface area contributed by atoms with E-state index >= 15 is 0 Å². The average Bonchev–Trinajstić information content (AvgIpc) is 2.72. The summed E-state index contributed by atoms with van der Waals surface area (Å²) < 4.78 is 27.7. The van der Waals surface area contributed by atoms with Crippen LogP contribution in [-0.4, -0.2) is 32.8 Å². The van der Waals surface area contributed by atoms with E-state index in [0.717, 1.165) is 9.87 Å². The zero-order chi connectivity index (χ0) is 21.7. The third-order valence-corrected chi connectivity index (χ3v) is 6.66. The van der Waals surface area contributed by atoms with Crippen molar-refractivity contribution in [3.05, 3.63) is 94.5 Å². The quantitative estimate of drug-likeness (QED) is 0.504. The van der Waals surface area contributed by atoms with Gasteiger partial charge in [-0.25, -0.2) is 8.42 Å². The molecule has 156 valence electrons. The minimum Gasteiger partial charge on any atom is -0.340 e. The molecule has 0 saturated carbocycles. The van der Waals surface area contributed by atoms with Crippen LogP contribution in [0.5, 0.6) is 0 Å². The fourth-order valence-electron chi connectivity index (χ4n) is 2.91. The molecular weight excluding hydrogens is 443 g/mol. The number of nitrogens with zero attached hydrogens (tertiary/aromatic N) is 2. The van der Waals surface area contributed by atoms with E-state index in [1.165, 1.54) is 35.2 Å². The molecule has 1 amide bonds. The standard InChI is InChI=1S/C22H20Cl2N2O3S/c1-25(15-17-8-4-2-5-9-17)22(27)16-26(20-13-18(23)12-19(24)14-20)30(28,29)21-10-6-3-7-11-21/h2-14H,15-16H2,1H3. The normalized spacial score (nSPS) is 11.2. The van der Waals surface area contributed by atoms with Crippen molar-refractivity contribution in [3.63, 3.8) is 0 Å². The van der Waals surface area contributed by atoms with Gasteiger partial charge >= 0.3 is 0 Å². The Labute approximate surface area is 186 Å². The molecule has 0 fully saturated rings.